The summed E-state index contributed by atoms with van der Waals surface area (Å²) < 4.78 is 15.4. The van der Waals surface area contributed by atoms with Crippen molar-refractivity contribution in [2.45, 2.75) is 0 Å². The summed E-state index contributed by atoms with van der Waals surface area (Å²) in [5.41, 5.74) is 1.49. The molecule has 20 heavy (non-hydrogen) atoms. The number of esters is 1. The van der Waals surface area contributed by atoms with Crippen LogP contribution in [0.2, 0.25) is 0 Å². The Kier molecular flexibility index (Phi) is 4.06. The molecule has 5 nitrogen and oxygen atoms in total. The van der Waals surface area contributed by atoms with E-state index in [1.807, 2.05) is 30.3 Å². The number of benzene rings is 1. The van der Waals surface area contributed by atoms with Crippen molar-refractivity contribution in [1.82, 2.24) is 0 Å². The molecule has 0 N–H and O–H groups in total. The van der Waals surface area contributed by atoms with Gasteiger partial charge in [0.1, 0.15) is 18.2 Å². The molecule has 1 heterocycles. The van der Waals surface area contributed by atoms with E-state index in [0.29, 0.717) is 17.1 Å². The van der Waals surface area contributed by atoms with Gasteiger partial charge in [0.15, 0.2) is 11.5 Å². The van der Waals surface area contributed by atoms with E-state index in [9.17, 15) is 4.79 Å². The number of methoxy groups -OCH3 is 2. The van der Waals surface area contributed by atoms with E-state index in [1.165, 1.54) is 13.2 Å². The van der Waals surface area contributed by atoms with Crippen LogP contribution >= 0.6 is 0 Å². The molecule has 1 aromatic rings. The number of nitrogens with zero attached hydrogens (tertiary/aromatic N) is 1. The number of carbonyl (C=O) groups is 1. The molecule has 5 heteroatoms. The van der Waals surface area contributed by atoms with Crippen LogP contribution in [0.25, 0.3) is 6.08 Å². The summed E-state index contributed by atoms with van der Waals surface area (Å²) in [4.78, 5) is 11.4. The van der Waals surface area contributed by atoms with Gasteiger partial charge in [-0.25, -0.2) is 4.79 Å². The first-order chi connectivity index (χ1) is 9.69. The van der Waals surface area contributed by atoms with E-state index in [4.69, 9.17) is 14.7 Å². The first-order valence-electron chi connectivity index (χ1n) is 5.90. The first-order valence-corrected chi connectivity index (χ1v) is 5.90. The highest BCUT2D eigenvalue weighted by Crippen LogP contribution is 2.35. The molecular formula is C15H13NO4. The van der Waals surface area contributed by atoms with Crippen molar-refractivity contribution >= 4 is 12.0 Å². The molecule has 0 spiro atoms. The largest absolute Gasteiger partial charge is 0.493 e. The zero-order valence-electron chi connectivity index (χ0n) is 11.2. The molecule has 0 saturated heterocycles. The van der Waals surface area contributed by atoms with Crippen molar-refractivity contribution in [2.24, 2.45) is 0 Å². The van der Waals surface area contributed by atoms with Crippen LogP contribution in [-0.4, -0.2) is 26.8 Å². The summed E-state index contributed by atoms with van der Waals surface area (Å²) in [5, 5.41) is 8.93. The number of ether oxygens (including phenoxy) is 3. The zero-order valence-corrected chi connectivity index (χ0v) is 11.2. The second-order valence-electron chi connectivity index (χ2n) is 4.05. The van der Waals surface area contributed by atoms with Gasteiger partial charge in [-0.2, -0.15) is 5.26 Å². The second kappa shape index (κ2) is 5.93. The maximum Gasteiger partial charge on any atom is 0.348 e. The van der Waals surface area contributed by atoms with Crippen LogP contribution in [0.5, 0.6) is 11.5 Å². The molecule has 0 atom stereocenters. The molecule has 0 bridgehead atoms. The van der Waals surface area contributed by atoms with Crippen molar-refractivity contribution < 1.29 is 19.0 Å². The van der Waals surface area contributed by atoms with Crippen LogP contribution in [0.4, 0.5) is 0 Å². The van der Waals surface area contributed by atoms with Gasteiger partial charge < -0.3 is 14.2 Å². The molecule has 0 fully saturated rings. The predicted molar refractivity (Wildman–Crippen MR) is 72.2 cm³/mol. The summed E-state index contributed by atoms with van der Waals surface area (Å²) in [6.45, 7) is 0.259. The Morgan fingerprint density at radius 2 is 2.25 bits per heavy atom. The predicted octanol–water partition coefficient (Wildman–Crippen LogP) is 2.09. The Morgan fingerprint density at radius 1 is 1.45 bits per heavy atom. The zero-order chi connectivity index (χ0) is 14.5. The molecule has 1 aliphatic rings. The minimum absolute atomic E-state index is 0.0614. The normalized spacial score (nSPS) is 13.4. The number of fused-ring (bicyclic) bond motifs is 1. The Bertz CT molecular complexity index is 638. The third kappa shape index (κ3) is 2.64. The molecule has 0 amide bonds. The number of carbonyl (C=O) groups excluding carboxylic acids is 1. The van der Waals surface area contributed by atoms with Crippen LogP contribution in [0.15, 0.2) is 35.4 Å². The minimum atomic E-state index is -0.662. The molecule has 1 aliphatic heterocycles. The summed E-state index contributed by atoms with van der Waals surface area (Å²) in [6, 6.07) is 7.33. The minimum Gasteiger partial charge on any atom is -0.493 e. The lowest BCUT2D eigenvalue weighted by Gasteiger charge is -2.18. The highest BCUT2D eigenvalue weighted by atomic mass is 16.5. The van der Waals surface area contributed by atoms with Gasteiger partial charge in [0.2, 0.25) is 0 Å². The van der Waals surface area contributed by atoms with Crippen molar-refractivity contribution in [2.75, 3.05) is 20.8 Å². The van der Waals surface area contributed by atoms with Gasteiger partial charge in [0.05, 0.1) is 14.2 Å². The van der Waals surface area contributed by atoms with Gasteiger partial charge in [0.25, 0.3) is 0 Å². The summed E-state index contributed by atoms with van der Waals surface area (Å²) in [7, 11) is 2.81. The lowest BCUT2D eigenvalue weighted by molar-refractivity contribution is -0.135. The van der Waals surface area contributed by atoms with Gasteiger partial charge in [-0.3, -0.25) is 0 Å². The smallest absolute Gasteiger partial charge is 0.348 e. The molecule has 0 aromatic heterocycles. The standard InChI is InChI=1S/C15H13NO4/c1-18-13-5-3-4-11-6-10(9-20-14(11)13)7-12(8-16)15(17)19-2/h3-7H,9H2,1-2H3/b12-7-. The highest BCUT2D eigenvalue weighted by Gasteiger charge is 2.16. The lowest BCUT2D eigenvalue weighted by Crippen LogP contribution is -2.09. The molecule has 0 radical (unpaired) electrons. The Hall–Kier alpha value is -2.74. The van der Waals surface area contributed by atoms with Crippen molar-refractivity contribution in [3.8, 4) is 17.6 Å². The molecule has 2 rings (SSSR count). The Labute approximate surface area is 116 Å². The van der Waals surface area contributed by atoms with Gasteiger partial charge >= 0.3 is 5.97 Å². The van der Waals surface area contributed by atoms with Gasteiger partial charge in [0, 0.05) is 5.56 Å². The molecule has 0 saturated carbocycles. The number of hydrogen-bond donors (Lipinski definition) is 0. The number of rotatable bonds is 3. The summed E-state index contributed by atoms with van der Waals surface area (Å²) in [6.07, 6.45) is 3.32. The Balaban J connectivity index is 2.37. The number of hydrogen-bond acceptors (Lipinski definition) is 5. The first kappa shape index (κ1) is 13.7. The maximum atomic E-state index is 11.4. The van der Waals surface area contributed by atoms with Crippen molar-refractivity contribution in [1.29, 1.82) is 5.26 Å². The van der Waals surface area contributed by atoms with Gasteiger partial charge in [-0.15, -0.1) is 0 Å². The monoisotopic (exact) mass is 271 g/mol. The number of nitriles is 1. The van der Waals surface area contributed by atoms with E-state index in [2.05, 4.69) is 4.74 Å². The van der Waals surface area contributed by atoms with E-state index in [-0.39, 0.29) is 12.2 Å². The highest BCUT2D eigenvalue weighted by molar-refractivity contribution is 5.93. The third-order valence-electron chi connectivity index (χ3n) is 2.81. The van der Waals surface area contributed by atoms with Crippen LogP contribution in [0.3, 0.4) is 0 Å². The average molecular weight is 271 g/mol. The van der Waals surface area contributed by atoms with Gasteiger partial charge in [-0.1, -0.05) is 12.1 Å². The molecule has 102 valence electrons. The fraction of sp³-hybridized carbons (Fsp3) is 0.200. The molecule has 0 aliphatic carbocycles. The fourth-order valence-electron chi connectivity index (χ4n) is 1.87. The SMILES string of the molecule is COC(=O)/C(C#N)=C\C1=Cc2cccc(OC)c2OC1. The van der Waals surface area contributed by atoms with Crippen LogP contribution in [-0.2, 0) is 9.53 Å². The fourth-order valence-corrected chi connectivity index (χ4v) is 1.87. The summed E-state index contributed by atoms with van der Waals surface area (Å²) >= 11 is 0. The Morgan fingerprint density at radius 3 is 2.90 bits per heavy atom. The van der Waals surface area contributed by atoms with Crippen molar-refractivity contribution in [3.05, 3.63) is 41.0 Å². The van der Waals surface area contributed by atoms with Crippen LogP contribution < -0.4 is 9.47 Å². The molecule has 0 unspecified atom stereocenters. The van der Waals surface area contributed by atoms with Crippen LogP contribution in [0.1, 0.15) is 5.56 Å². The third-order valence-corrected chi connectivity index (χ3v) is 2.81. The molecule has 1 aromatic carbocycles. The number of para-hydroxylation sites is 1. The van der Waals surface area contributed by atoms with E-state index >= 15 is 0 Å². The van der Waals surface area contributed by atoms with E-state index in [0.717, 1.165) is 5.56 Å². The van der Waals surface area contributed by atoms with Gasteiger partial charge in [-0.05, 0) is 23.8 Å². The van der Waals surface area contributed by atoms with Crippen molar-refractivity contribution in [3.63, 3.8) is 0 Å². The topological polar surface area (TPSA) is 68.6 Å². The second-order valence-corrected chi connectivity index (χ2v) is 4.05. The molecular weight excluding hydrogens is 258 g/mol. The summed E-state index contributed by atoms with van der Waals surface area (Å²) in [5.74, 6) is 0.642. The van der Waals surface area contributed by atoms with Crippen LogP contribution in [0, 0.1) is 11.3 Å². The quantitative estimate of drug-likeness (QED) is 0.478. The average Bonchev–Trinajstić information content (AvgIpc) is 2.50. The lowest BCUT2D eigenvalue weighted by atomic mass is 10.0. The maximum absolute atomic E-state index is 11.4. The van der Waals surface area contributed by atoms with E-state index < -0.39 is 5.97 Å². The van der Waals surface area contributed by atoms with E-state index in [1.54, 1.807) is 7.11 Å².